The van der Waals surface area contributed by atoms with Gasteiger partial charge in [-0.25, -0.2) is 0 Å². The molecule has 1 spiro atoms. The van der Waals surface area contributed by atoms with Gasteiger partial charge in [0.05, 0.1) is 12.7 Å². The third kappa shape index (κ3) is 3.93. The zero-order valence-corrected chi connectivity index (χ0v) is 23.8. The van der Waals surface area contributed by atoms with Crippen molar-refractivity contribution < 1.29 is 28.5 Å². The minimum atomic E-state index is -0.383. The molecule has 0 N–H and O–H groups in total. The van der Waals surface area contributed by atoms with Gasteiger partial charge in [0.25, 0.3) is 0 Å². The lowest BCUT2D eigenvalue weighted by Gasteiger charge is -2.62. The van der Waals surface area contributed by atoms with Gasteiger partial charge in [0.15, 0.2) is 5.79 Å². The lowest BCUT2D eigenvalue weighted by atomic mass is 9.43. The molecular formula is C31H48O6. The number of carbonyl (C=O) groups is 2. The van der Waals surface area contributed by atoms with E-state index in [1.54, 1.807) is 6.92 Å². The Balaban J connectivity index is 1.27. The summed E-state index contributed by atoms with van der Waals surface area (Å²) < 4.78 is 25.2. The summed E-state index contributed by atoms with van der Waals surface area (Å²) in [6.07, 6.45) is 9.59. The summed E-state index contributed by atoms with van der Waals surface area (Å²) in [6.45, 7) is 13.5. The van der Waals surface area contributed by atoms with E-state index in [4.69, 9.17) is 18.9 Å². The summed E-state index contributed by atoms with van der Waals surface area (Å²) in [6, 6.07) is 0. The smallest absolute Gasteiger partial charge is 0.302 e. The van der Waals surface area contributed by atoms with Crippen LogP contribution in [0.25, 0.3) is 0 Å². The Labute approximate surface area is 222 Å². The fraction of sp³-hybridized carbons (Fsp3) is 0.935. The van der Waals surface area contributed by atoms with Gasteiger partial charge in [-0.1, -0.05) is 27.7 Å². The molecule has 2 saturated heterocycles. The molecule has 0 aromatic rings. The molecule has 4 saturated carbocycles. The lowest BCUT2D eigenvalue weighted by molar-refractivity contribution is -0.273. The lowest BCUT2D eigenvalue weighted by Crippen LogP contribution is -2.59. The number of fused-ring (bicyclic) bond motifs is 7. The van der Waals surface area contributed by atoms with Crippen LogP contribution in [0.5, 0.6) is 0 Å². The van der Waals surface area contributed by atoms with Crippen LogP contribution < -0.4 is 0 Å². The number of ether oxygens (including phenoxy) is 4. The van der Waals surface area contributed by atoms with Crippen molar-refractivity contribution in [1.29, 1.82) is 0 Å². The molecule has 2 aliphatic heterocycles. The topological polar surface area (TPSA) is 71.1 Å². The zero-order valence-electron chi connectivity index (χ0n) is 23.8. The van der Waals surface area contributed by atoms with Gasteiger partial charge >= 0.3 is 11.9 Å². The molecule has 6 rings (SSSR count). The Kier molecular flexibility index (Phi) is 6.31. The minimum Gasteiger partial charge on any atom is -0.463 e. The van der Waals surface area contributed by atoms with Crippen LogP contribution in [0.15, 0.2) is 0 Å². The van der Waals surface area contributed by atoms with Crippen molar-refractivity contribution in [2.45, 2.75) is 123 Å². The SMILES string of the molecule is CC(=O)O[C@H]1CC[C@]2(C)[C@@H]3CC[C@]4(C)[C@@H]5[C@H](C[C@@H]4[C@H]3C[C@H](OC(C)=O)[C@H]2C1)O[C@]1(CC[C@H](C)CO1)[C@H]5C. The largest absolute Gasteiger partial charge is 0.463 e. The summed E-state index contributed by atoms with van der Waals surface area (Å²) in [7, 11) is 0. The second-order valence-electron chi connectivity index (χ2n) is 14.4. The first-order chi connectivity index (χ1) is 17.5. The summed E-state index contributed by atoms with van der Waals surface area (Å²) >= 11 is 0. The molecule has 6 aliphatic rings. The third-order valence-electron chi connectivity index (χ3n) is 12.5. The summed E-state index contributed by atoms with van der Waals surface area (Å²) in [5.41, 5.74) is 0.342. The van der Waals surface area contributed by atoms with Crippen molar-refractivity contribution in [2.24, 2.45) is 52.3 Å². The van der Waals surface area contributed by atoms with Gasteiger partial charge in [0.2, 0.25) is 0 Å². The van der Waals surface area contributed by atoms with Crippen LogP contribution in [0.4, 0.5) is 0 Å². The average molecular weight is 517 g/mol. The van der Waals surface area contributed by atoms with Gasteiger partial charge in [-0.05, 0) is 91.8 Å². The predicted molar refractivity (Wildman–Crippen MR) is 138 cm³/mol. The molecule has 37 heavy (non-hydrogen) atoms. The normalized spacial score (nSPS) is 54.5. The van der Waals surface area contributed by atoms with E-state index >= 15 is 0 Å². The highest BCUT2D eigenvalue weighted by Gasteiger charge is 2.70. The van der Waals surface area contributed by atoms with Gasteiger partial charge in [-0.3, -0.25) is 9.59 Å². The first-order valence-electron chi connectivity index (χ1n) is 15.1. The van der Waals surface area contributed by atoms with Crippen molar-refractivity contribution in [1.82, 2.24) is 0 Å². The van der Waals surface area contributed by atoms with Crippen LogP contribution in [0.3, 0.4) is 0 Å². The molecule has 0 aromatic carbocycles. The van der Waals surface area contributed by atoms with Crippen molar-refractivity contribution in [2.75, 3.05) is 6.61 Å². The van der Waals surface area contributed by atoms with Gasteiger partial charge in [-0.2, -0.15) is 0 Å². The molecule has 0 aromatic heterocycles. The van der Waals surface area contributed by atoms with Gasteiger partial charge in [0.1, 0.15) is 12.2 Å². The molecular weight excluding hydrogens is 468 g/mol. The monoisotopic (exact) mass is 516 g/mol. The highest BCUT2D eigenvalue weighted by atomic mass is 16.7. The molecule has 6 nitrogen and oxygen atoms in total. The number of hydrogen-bond acceptors (Lipinski definition) is 6. The van der Waals surface area contributed by atoms with E-state index in [-0.39, 0.29) is 52.8 Å². The number of esters is 2. The first-order valence-corrected chi connectivity index (χ1v) is 15.1. The van der Waals surface area contributed by atoms with E-state index in [0.717, 1.165) is 45.1 Å². The number of carbonyl (C=O) groups excluding carboxylic acids is 2. The van der Waals surface area contributed by atoms with Crippen LogP contribution in [0.2, 0.25) is 0 Å². The van der Waals surface area contributed by atoms with Crippen molar-refractivity contribution in [3.8, 4) is 0 Å². The Morgan fingerprint density at radius 3 is 2.22 bits per heavy atom. The Hall–Kier alpha value is -1.14. The van der Waals surface area contributed by atoms with Crippen molar-refractivity contribution >= 4 is 11.9 Å². The van der Waals surface area contributed by atoms with Gasteiger partial charge in [0, 0.05) is 32.1 Å². The fourth-order valence-electron chi connectivity index (χ4n) is 10.9. The number of rotatable bonds is 2. The highest BCUT2D eigenvalue weighted by molar-refractivity contribution is 5.66. The Bertz CT molecular complexity index is 925. The standard InChI is InChI=1S/C31H48O6/c1-17-7-12-31(34-16-17)18(2)28-27(37-31)15-24-22-14-26(36-20(4)33)25-13-21(35-19(3)32)8-10-29(25,5)23(22)9-11-30(24,28)6/h17-18,21-28H,7-16H2,1-6H3/t17-,18-,21-,22-,23+,24+,25+,26-,27-,28-,29+,30-,31+/m0/s1. The quantitative estimate of drug-likeness (QED) is 0.425. The van der Waals surface area contributed by atoms with E-state index < -0.39 is 0 Å². The van der Waals surface area contributed by atoms with Crippen LogP contribution in [0, 0.1) is 52.3 Å². The minimum absolute atomic E-state index is 0.0615. The highest BCUT2D eigenvalue weighted by Crippen LogP contribution is 2.71. The van der Waals surface area contributed by atoms with Crippen molar-refractivity contribution in [3.05, 3.63) is 0 Å². The second kappa shape index (κ2) is 8.94. The Morgan fingerprint density at radius 1 is 0.811 bits per heavy atom. The molecule has 0 unspecified atom stereocenters. The molecule has 0 radical (unpaired) electrons. The van der Waals surface area contributed by atoms with E-state index in [2.05, 4.69) is 27.7 Å². The maximum atomic E-state index is 12.3. The van der Waals surface area contributed by atoms with E-state index in [1.807, 2.05) is 0 Å². The molecule has 6 fully saturated rings. The van der Waals surface area contributed by atoms with Crippen LogP contribution in [-0.4, -0.2) is 42.6 Å². The molecule has 0 amide bonds. The predicted octanol–water partition coefficient (Wildman–Crippen LogP) is 5.91. The van der Waals surface area contributed by atoms with Crippen LogP contribution in [0.1, 0.15) is 99.3 Å². The number of hydrogen-bond donors (Lipinski definition) is 0. The van der Waals surface area contributed by atoms with E-state index in [9.17, 15) is 9.59 Å². The Morgan fingerprint density at radius 2 is 1.54 bits per heavy atom. The third-order valence-corrected chi connectivity index (χ3v) is 12.5. The second-order valence-corrected chi connectivity index (χ2v) is 14.4. The van der Waals surface area contributed by atoms with E-state index in [0.29, 0.717) is 35.5 Å². The maximum absolute atomic E-state index is 12.3. The molecule has 13 atom stereocenters. The fourth-order valence-corrected chi connectivity index (χ4v) is 10.9. The summed E-state index contributed by atoms with van der Waals surface area (Å²) in [5, 5.41) is 0. The van der Waals surface area contributed by atoms with Crippen molar-refractivity contribution in [3.63, 3.8) is 0 Å². The molecule has 0 bridgehead atoms. The average Bonchev–Trinajstić information content (AvgIpc) is 3.26. The molecule has 2 heterocycles. The van der Waals surface area contributed by atoms with Crippen LogP contribution in [-0.2, 0) is 28.5 Å². The summed E-state index contributed by atoms with van der Waals surface area (Å²) in [5.74, 6) is 2.77. The molecule has 4 aliphatic carbocycles. The van der Waals surface area contributed by atoms with Gasteiger partial charge < -0.3 is 18.9 Å². The van der Waals surface area contributed by atoms with E-state index in [1.165, 1.54) is 26.2 Å². The van der Waals surface area contributed by atoms with Crippen LogP contribution >= 0.6 is 0 Å². The zero-order chi connectivity index (χ0) is 26.3. The summed E-state index contributed by atoms with van der Waals surface area (Å²) in [4.78, 5) is 24.0. The molecule has 6 heteroatoms. The first kappa shape index (κ1) is 26.1. The molecule has 208 valence electrons. The maximum Gasteiger partial charge on any atom is 0.302 e. The van der Waals surface area contributed by atoms with Gasteiger partial charge in [-0.15, -0.1) is 0 Å².